The van der Waals surface area contributed by atoms with Crippen molar-refractivity contribution >= 4 is 28.7 Å². The van der Waals surface area contributed by atoms with Gasteiger partial charge in [-0.2, -0.15) is 0 Å². The van der Waals surface area contributed by atoms with Crippen molar-refractivity contribution in [1.29, 1.82) is 0 Å². The number of hydrogen-bond acceptors (Lipinski definition) is 6. The number of aryl methyl sites for hydroxylation is 1. The van der Waals surface area contributed by atoms with Gasteiger partial charge in [0.25, 0.3) is 5.91 Å². The Morgan fingerprint density at radius 3 is 2.60 bits per heavy atom. The van der Waals surface area contributed by atoms with Crippen molar-refractivity contribution in [3.05, 3.63) is 54.5 Å². The molecule has 3 aromatic rings. The van der Waals surface area contributed by atoms with Gasteiger partial charge in [0.15, 0.2) is 6.10 Å². The highest BCUT2D eigenvalue weighted by molar-refractivity contribution is 5.85. The molecule has 3 heterocycles. The van der Waals surface area contributed by atoms with E-state index in [1.165, 1.54) is 0 Å². The van der Waals surface area contributed by atoms with Crippen LogP contribution in [-0.4, -0.2) is 64.0 Å². The van der Waals surface area contributed by atoms with Gasteiger partial charge < -0.3 is 19.5 Å². The van der Waals surface area contributed by atoms with Crippen molar-refractivity contribution in [1.82, 2.24) is 19.9 Å². The van der Waals surface area contributed by atoms with Gasteiger partial charge in [0.05, 0.1) is 0 Å². The van der Waals surface area contributed by atoms with Crippen molar-refractivity contribution in [2.75, 3.05) is 31.1 Å². The van der Waals surface area contributed by atoms with Crippen LogP contribution in [0.2, 0.25) is 0 Å². The maximum Gasteiger partial charge on any atom is 0.306 e. The molecule has 0 aliphatic carbocycles. The van der Waals surface area contributed by atoms with Crippen LogP contribution in [0.1, 0.15) is 18.9 Å². The summed E-state index contributed by atoms with van der Waals surface area (Å²) in [5, 5.41) is 1.11. The molecule has 1 aliphatic heterocycles. The Balaban J connectivity index is 1.25. The van der Waals surface area contributed by atoms with E-state index in [4.69, 9.17) is 4.74 Å². The molecule has 4 rings (SSSR count). The molecule has 1 saturated heterocycles. The molecule has 8 nitrogen and oxygen atoms in total. The zero-order valence-corrected chi connectivity index (χ0v) is 17.0. The van der Waals surface area contributed by atoms with Gasteiger partial charge in [0.1, 0.15) is 0 Å². The molecule has 0 spiro atoms. The van der Waals surface area contributed by atoms with Gasteiger partial charge in [0.2, 0.25) is 5.95 Å². The molecular formula is C22H25N5O3. The van der Waals surface area contributed by atoms with Crippen molar-refractivity contribution in [2.45, 2.75) is 25.9 Å². The third kappa shape index (κ3) is 4.42. The maximum atomic E-state index is 12.7. The molecule has 0 radical (unpaired) electrons. The second-order valence-corrected chi connectivity index (χ2v) is 7.35. The summed E-state index contributed by atoms with van der Waals surface area (Å²) < 4.78 is 5.41. The third-order valence-electron chi connectivity index (χ3n) is 5.36. The zero-order valence-electron chi connectivity index (χ0n) is 17.0. The van der Waals surface area contributed by atoms with Crippen LogP contribution < -0.4 is 4.90 Å². The monoisotopic (exact) mass is 407 g/mol. The number of benzene rings is 1. The number of aromatic amines is 1. The summed E-state index contributed by atoms with van der Waals surface area (Å²) in [6.07, 6.45) is 5.34. The molecule has 1 fully saturated rings. The first-order chi connectivity index (χ1) is 14.6. The van der Waals surface area contributed by atoms with Crippen molar-refractivity contribution in [2.24, 2.45) is 0 Å². The number of para-hydroxylation sites is 1. The van der Waals surface area contributed by atoms with Gasteiger partial charge in [-0.1, -0.05) is 18.2 Å². The molecule has 30 heavy (non-hydrogen) atoms. The predicted octanol–water partition coefficient (Wildman–Crippen LogP) is 2.17. The normalized spacial score (nSPS) is 15.2. The highest BCUT2D eigenvalue weighted by Crippen LogP contribution is 2.19. The minimum absolute atomic E-state index is 0.163. The van der Waals surface area contributed by atoms with Crippen LogP contribution >= 0.6 is 0 Å². The summed E-state index contributed by atoms with van der Waals surface area (Å²) in [7, 11) is 0. The number of hydrogen-bond donors (Lipinski definition) is 1. The minimum Gasteiger partial charge on any atom is -0.453 e. The largest absolute Gasteiger partial charge is 0.453 e. The van der Waals surface area contributed by atoms with Crippen LogP contribution in [0.3, 0.4) is 0 Å². The number of nitrogens with zero attached hydrogens (tertiary/aromatic N) is 4. The predicted molar refractivity (Wildman–Crippen MR) is 113 cm³/mol. The van der Waals surface area contributed by atoms with Crippen LogP contribution in [0, 0.1) is 0 Å². The average Bonchev–Trinajstić information content (AvgIpc) is 3.21. The number of esters is 1. The van der Waals surface area contributed by atoms with Crippen LogP contribution in [0.4, 0.5) is 5.95 Å². The lowest BCUT2D eigenvalue weighted by atomic mass is 10.1. The van der Waals surface area contributed by atoms with Crippen molar-refractivity contribution < 1.29 is 14.3 Å². The van der Waals surface area contributed by atoms with Crippen LogP contribution in [-0.2, 0) is 20.7 Å². The van der Waals surface area contributed by atoms with Crippen LogP contribution in [0.25, 0.3) is 10.9 Å². The van der Waals surface area contributed by atoms with Gasteiger partial charge in [-0.15, -0.1) is 0 Å². The van der Waals surface area contributed by atoms with E-state index in [9.17, 15) is 9.59 Å². The molecule has 1 aliphatic rings. The molecule has 2 aromatic heterocycles. The van der Waals surface area contributed by atoms with E-state index in [0.29, 0.717) is 38.5 Å². The number of aromatic nitrogens is 3. The Labute approximate surface area is 174 Å². The molecule has 0 saturated carbocycles. The highest BCUT2D eigenvalue weighted by atomic mass is 16.5. The van der Waals surface area contributed by atoms with Gasteiger partial charge in [-0.05, 0) is 31.0 Å². The zero-order chi connectivity index (χ0) is 20.9. The number of carbonyl (C=O) groups is 2. The van der Waals surface area contributed by atoms with E-state index < -0.39 is 6.10 Å². The van der Waals surface area contributed by atoms with E-state index in [-0.39, 0.29) is 18.3 Å². The number of fused-ring (bicyclic) bond motifs is 1. The summed E-state index contributed by atoms with van der Waals surface area (Å²) in [4.78, 5) is 40.4. The number of nitrogens with one attached hydrogen (secondary N) is 1. The first-order valence-corrected chi connectivity index (χ1v) is 10.2. The molecule has 8 heteroatoms. The number of ether oxygens (including phenoxy) is 1. The summed E-state index contributed by atoms with van der Waals surface area (Å²) in [6.45, 7) is 4.04. The van der Waals surface area contributed by atoms with E-state index in [1.807, 2.05) is 35.4 Å². The Morgan fingerprint density at radius 1 is 1.10 bits per heavy atom. The molecular weight excluding hydrogens is 382 g/mol. The first kappa shape index (κ1) is 19.9. The minimum atomic E-state index is -0.792. The van der Waals surface area contributed by atoms with E-state index in [0.717, 1.165) is 16.5 Å². The van der Waals surface area contributed by atoms with Gasteiger partial charge in [-0.25, -0.2) is 9.97 Å². The molecule has 156 valence electrons. The number of rotatable bonds is 6. The Morgan fingerprint density at radius 2 is 1.83 bits per heavy atom. The van der Waals surface area contributed by atoms with Gasteiger partial charge in [-0.3, -0.25) is 9.59 Å². The van der Waals surface area contributed by atoms with Crippen molar-refractivity contribution in [3.8, 4) is 0 Å². The molecule has 1 N–H and O–H groups in total. The molecule has 1 amide bonds. The summed E-state index contributed by atoms with van der Waals surface area (Å²) in [5.74, 6) is 0.142. The molecule has 1 unspecified atom stereocenters. The first-order valence-electron chi connectivity index (χ1n) is 10.2. The topological polar surface area (TPSA) is 91.4 Å². The quantitative estimate of drug-likeness (QED) is 0.630. The lowest BCUT2D eigenvalue weighted by Crippen LogP contribution is -2.52. The number of anilines is 1. The number of amides is 1. The lowest BCUT2D eigenvalue weighted by Gasteiger charge is -2.35. The van der Waals surface area contributed by atoms with Crippen molar-refractivity contribution in [3.63, 3.8) is 0 Å². The fraction of sp³-hybridized carbons (Fsp3) is 0.364. The maximum absolute atomic E-state index is 12.7. The number of H-pyrrole nitrogens is 1. The summed E-state index contributed by atoms with van der Waals surface area (Å²) >= 11 is 0. The summed E-state index contributed by atoms with van der Waals surface area (Å²) in [5.41, 5.74) is 2.12. The Kier molecular flexibility index (Phi) is 5.92. The lowest BCUT2D eigenvalue weighted by molar-refractivity contribution is -0.159. The van der Waals surface area contributed by atoms with Crippen LogP contribution in [0.15, 0.2) is 48.9 Å². The standard InChI is InChI=1S/C22H25N5O3/c1-16(21(29)26-11-13-27(14-12-26)22-23-9-4-10-24-22)30-20(28)8-7-17-15-25-19-6-3-2-5-18(17)19/h2-6,9-10,15-16,25H,7-8,11-14H2,1H3. The number of carbonyl (C=O) groups excluding carboxylic acids is 2. The van der Waals surface area contributed by atoms with E-state index in [2.05, 4.69) is 15.0 Å². The Bertz CT molecular complexity index is 1010. The SMILES string of the molecule is CC(OC(=O)CCc1c[nH]c2ccccc12)C(=O)N1CCN(c2ncccn2)CC1. The third-order valence-corrected chi connectivity index (χ3v) is 5.36. The van der Waals surface area contributed by atoms with E-state index in [1.54, 1.807) is 30.3 Å². The fourth-order valence-electron chi connectivity index (χ4n) is 3.72. The van der Waals surface area contributed by atoms with E-state index >= 15 is 0 Å². The molecule has 1 aromatic carbocycles. The molecule has 1 atom stereocenters. The average molecular weight is 407 g/mol. The summed E-state index contributed by atoms with van der Waals surface area (Å²) in [6, 6.07) is 9.75. The smallest absolute Gasteiger partial charge is 0.306 e. The van der Waals surface area contributed by atoms with Crippen LogP contribution in [0.5, 0.6) is 0 Å². The van der Waals surface area contributed by atoms with Gasteiger partial charge in [0, 0.05) is 62.1 Å². The fourth-order valence-corrected chi connectivity index (χ4v) is 3.72. The number of piperazine rings is 1. The van der Waals surface area contributed by atoms with Gasteiger partial charge >= 0.3 is 5.97 Å². The second kappa shape index (κ2) is 8.94. The highest BCUT2D eigenvalue weighted by Gasteiger charge is 2.27. The second-order valence-electron chi connectivity index (χ2n) is 7.35. The Hall–Kier alpha value is -3.42. The molecule has 0 bridgehead atoms.